The molecule has 0 aliphatic heterocycles. The zero-order valence-corrected chi connectivity index (χ0v) is 11.0. The van der Waals surface area contributed by atoms with Crippen LogP contribution < -0.4 is 0 Å². The van der Waals surface area contributed by atoms with Gasteiger partial charge in [0.15, 0.2) is 0 Å². The van der Waals surface area contributed by atoms with Gasteiger partial charge in [0.05, 0.1) is 5.60 Å². The molecule has 100 valence electrons. The van der Waals surface area contributed by atoms with Gasteiger partial charge in [-0.1, -0.05) is 32.8 Å². The van der Waals surface area contributed by atoms with Gasteiger partial charge in [0.1, 0.15) is 11.6 Å². The molecule has 0 spiro atoms. The summed E-state index contributed by atoms with van der Waals surface area (Å²) >= 11 is 0. The van der Waals surface area contributed by atoms with Gasteiger partial charge in [-0.25, -0.2) is 8.78 Å². The van der Waals surface area contributed by atoms with Crippen molar-refractivity contribution in [2.45, 2.75) is 51.6 Å². The molecule has 0 heterocycles. The second-order valence-electron chi connectivity index (χ2n) is 6.00. The van der Waals surface area contributed by atoms with E-state index in [4.69, 9.17) is 0 Å². The number of benzene rings is 1. The van der Waals surface area contributed by atoms with E-state index in [1.807, 2.05) is 13.8 Å². The van der Waals surface area contributed by atoms with Gasteiger partial charge in [0.2, 0.25) is 0 Å². The van der Waals surface area contributed by atoms with Crippen LogP contribution in [0, 0.1) is 17.0 Å². The Kier molecular flexibility index (Phi) is 3.45. The quantitative estimate of drug-likeness (QED) is 0.850. The highest BCUT2D eigenvalue weighted by Gasteiger charge is 2.45. The molecule has 1 aliphatic carbocycles. The average Bonchev–Trinajstić information content (AvgIpc) is 2.28. The lowest BCUT2D eigenvalue weighted by atomic mass is 9.63. The van der Waals surface area contributed by atoms with Crippen molar-refractivity contribution in [3.63, 3.8) is 0 Å². The molecule has 0 saturated heterocycles. The lowest BCUT2D eigenvalue weighted by Crippen LogP contribution is -2.49. The summed E-state index contributed by atoms with van der Waals surface area (Å²) in [5.41, 5.74) is -1.32. The van der Waals surface area contributed by atoms with Crippen LogP contribution in [-0.2, 0) is 6.42 Å². The van der Waals surface area contributed by atoms with Crippen LogP contribution in [-0.4, -0.2) is 10.7 Å². The standard InChI is InChI=1S/C15H20F2O/c1-14(2)8-3-4-9-15(14,18)10-11-12(16)6-5-7-13(11)17/h5-7,18H,3-4,8-10H2,1-2H3. The minimum absolute atomic E-state index is 0.00924. The lowest BCUT2D eigenvalue weighted by Gasteiger charge is -2.46. The van der Waals surface area contributed by atoms with Crippen LogP contribution >= 0.6 is 0 Å². The Hall–Kier alpha value is -0.960. The van der Waals surface area contributed by atoms with Crippen LogP contribution in [0.25, 0.3) is 0 Å². The van der Waals surface area contributed by atoms with Gasteiger partial charge in [-0.3, -0.25) is 0 Å². The fraction of sp³-hybridized carbons (Fsp3) is 0.600. The Morgan fingerprint density at radius 2 is 1.67 bits per heavy atom. The molecule has 1 atom stereocenters. The van der Waals surface area contributed by atoms with Gasteiger partial charge in [-0.15, -0.1) is 0 Å². The molecular weight excluding hydrogens is 234 g/mol. The number of rotatable bonds is 2. The van der Waals surface area contributed by atoms with Gasteiger partial charge in [-0.2, -0.15) is 0 Å². The van der Waals surface area contributed by atoms with Crippen molar-refractivity contribution in [2.24, 2.45) is 5.41 Å². The van der Waals surface area contributed by atoms with Crippen LogP contribution in [0.4, 0.5) is 8.78 Å². The van der Waals surface area contributed by atoms with Crippen molar-refractivity contribution >= 4 is 0 Å². The number of aliphatic hydroxyl groups is 1. The Labute approximate surface area is 107 Å². The van der Waals surface area contributed by atoms with E-state index in [0.29, 0.717) is 6.42 Å². The zero-order valence-electron chi connectivity index (χ0n) is 11.0. The Morgan fingerprint density at radius 3 is 2.22 bits per heavy atom. The first-order valence-electron chi connectivity index (χ1n) is 6.51. The summed E-state index contributed by atoms with van der Waals surface area (Å²) in [6.07, 6.45) is 3.52. The van der Waals surface area contributed by atoms with Crippen LogP contribution in [0.3, 0.4) is 0 Å². The van der Waals surface area contributed by atoms with E-state index < -0.39 is 17.2 Å². The molecule has 1 aliphatic rings. The van der Waals surface area contributed by atoms with Gasteiger partial charge < -0.3 is 5.11 Å². The fourth-order valence-corrected chi connectivity index (χ4v) is 2.88. The minimum Gasteiger partial charge on any atom is -0.389 e. The summed E-state index contributed by atoms with van der Waals surface area (Å²) < 4.78 is 27.4. The topological polar surface area (TPSA) is 20.2 Å². The maximum Gasteiger partial charge on any atom is 0.129 e. The molecule has 18 heavy (non-hydrogen) atoms. The molecule has 1 nitrogen and oxygen atoms in total. The highest BCUT2D eigenvalue weighted by atomic mass is 19.1. The first-order chi connectivity index (χ1) is 8.36. The lowest BCUT2D eigenvalue weighted by molar-refractivity contribution is -0.0967. The van der Waals surface area contributed by atoms with E-state index in [1.165, 1.54) is 18.2 Å². The normalized spacial score (nSPS) is 27.2. The predicted molar refractivity (Wildman–Crippen MR) is 67.3 cm³/mol. The Balaban J connectivity index is 2.32. The Morgan fingerprint density at radius 1 is 1.11 bits per heavy atom. The molecule has 1 aromatic carbocycles. The third kappa shape index (κ3) is 2.28. The fourth-order valence-electron chi connectivity index (χ4n) is 2.88. The van der Waals surface area contributed by atoms with Crippen LogP contribution in [0.2, 0.25) is 0 Å². The van der Waals surface area contributed by atoms with E-state index in [9.17, 15) is 13.9 Å². The highest BCUT2D eigenvalue weighted by Crippen LogP contribution is 2.45. The van der Waals surface area contributed by atoms with Crippen LogP contribution in [0.15, 0.2) is 18.2 Å². The monoisotopic (exact) mass is 254 g/mol. The smallest absolute Gasteiger partial charge is 0.129 e. The summed E-state index contributed by atoms with van der Waals surface area (Å²) in [6.45, 7) is 3.95. The molecule has 1 N–H and O–H groups in total. The molecule has 1 unspecified atom stereocenters. The van der Waals surface area contributed by atoms with Crippen molar-refractivity contribution in [1.29, 1.82) is 0 Å². The summed E-state index contributed by atoms with van der Waals surface area (Å²) in [7, 11) is 0. The molecule has 0 bridgehead atoms. The molecule has 1 saturated carbocycles. The summed E-state index contributed by atoms with van der Waals surface area (Å²) in [5.74, 6) is -1.13. The van der Waals surface area contributed by atoms with Gasteiger partial charge in [0.25, 0.3) is 0 Å². The first kappa shape index (κ1) is 13.5. The maximum absolute atomic E-state index is 13.7. The van der Waals surface area contributed by atoms with Gasteiger partial charge >= 0.3 is 0 Å². The van der Waals surface area contributed by atoms with Gasteiger partial charge in [0, 0.05) is 12.0 Å². The summed E-state index contributed by atoms with van der Waals surface area (Å²) in [5, 5.41) is 10.8. The molecular formula is C15H20F2O. The zero-order chi connectivity index (χ0) is 13.4. The van der Waals surface area contributed by atoms with Crippen molar-refractivity contribution < 1.29 is 13.9 Å². The highest BCUT2D eigenvalue weighted by molar-refractivity contribution is 5.23. The molecule has 1 aromatic rings. The number of halogens is 2. The number of hydrogen-bond donors (Lipinski definition) is 1. The van der Waals surface area contributed by atoms with Crippen molar-refractivity contribution in [2.75, 3.05) is 0 Å². The maximum atomic E-state index is 13.7. The van der Waals surface area contributed by atoms with Gasteiger partial charge in [-0.05, 0) is 30.4 Å². The van der Waals surface area contributed by atoms with Crippen LogP contribution in [0.1, 0.15) is 45.1 Å². The largest absolute Gasteiger partial charge is 0.389 e. The molecule has 1 fully saturated rings. The molecule has 2 rings (SSSR count). The van der Waals surface area contributed by atoms with E-state index in [0.717, 1.165) is 19.3 Å². The number of hydrogen-bond acceptors (Lipinski definition) is 1. The van der Waals surface area contributed by atoms with Crippen molar-refractivity contribution in [3.05, 3.63) is 35.4 Å². The van der Waals surface area contributed by atoms with Crippen LogP contribution in [0.5, 0.6) is 0 Å². The molecule has 0 aromatic heterocycles. The SMILES string of the molecule is CC1(C)CCCCC1(O)Cc1c(F)cccc1F. The molecule has 0 radical (unpaired) electrons. The molecule has 0 amide bonds. The third-order valence-corrected chi connectivity index (χ3v) is 4.43. The average molecular weight is 254 g/mol. The van der Waals surface area contributed by atoms with E-state index in [1.54, 1.807) is 0 Å². The summed E-state index contributed by atoms with van der Waals surface area (Å²) in [6, 6.07) is 3.85. The van der Waals surface area contributed by atoms with Crippen molar-refractivity contribution in [1.82, 2.24) is 0 Å². The van der Waals surface area contributed by atoms with Crippen molar-refractivity contribution in [3.8, 4) is 0 Å². The van der Waals surface area contributed by atoms with E-state index >= 15 is 0 Å². The minimum atomic E-state index is -1.02. The first-order valence-corrected chi connectivity index (χ1v) is 6.51. The Bertz CT molecular complexity index is 422. The van der Waals surface area contributed by atoms with E-state index in [2.05, 4.69) is 0 Å². The van der Waals surface area contributed by atoms with E-state index in [-0.39, 0.29) is 17.4 Å². The predicted octanol–water partition coefficient (Wildman–Crippen LogP) is 3.84. The second kappa shape index (κ2) is 4.61. The molecule has 3 heteroatoms. The second-order valence-corrected chi connectivity index (χ2v) is 6.00. The summed E-state index contributed by atoms with van der Waals surface area (Å²) in [4.78, 5) is 0. The third-order valence-electron chi connectivity index (χ3n) is 4.43.